The normalized spacial score (nSPS) is 19.4. The van der Waals surface area contributed by atoms with Crippen LogP contribution in [0.1, 0.15) is 32.4 Å². The first-order valence-corrected chi connectivity index (χ1v) is 12.3. The van der Waals surface area contributed by atoms with Gasteiger partial charge in [-0.2, -0.15) is 17.4 Å². The molecule has 0 saturated carbocycles. The van der Waals surface area contributed by atoms with Gasteiger partial charge in [0, 0.05) is 44.4 Å². The minimum atomic E-state index is -3.66. The van der Waals surface area contributed by atoms with E-state index >= 15 is 0 Å². The molecule has 9 heteroatoms. The summed E-state index contributed by atoms with van der Waals surface area (Å²) in [6.07, 6.45) is 1.03. The number of carbonyl (C=O) groups is 1. The number of carbonyl (C=O) groups excluding carboxylic acids is 1. The molecular weight excluding hydrogens is 428 g/mol. The Bertz CT molecular complexity index is 1010. The summed E-state index contributed by atoms with van der Waals surface area (Å²) in [5, 5.41) is 0. The van der Waals surface area contributed by atoms with Crippen molar-refractivity contribution in [3.05, 3.63) is 54.2 Å². The van der Waals surface area contributed by atoms with Crippen LogP contribution in [0.25, 0.3) is 11.3 Å². The van der Waals surface area contributed by atoms with Crippen molar-refractivity contribution < 1.29 is 17.9 Å². The quantitative estimate of drug-likeness (QED) is 0.686. The summed E-state index contributed by atoms with van der Waals surface area (Å²) in [7, 11) is -0.698. The van der Waals surface area contributed by atoms with E-state index in [1.807, 2.05) is 48.5 Å². The molecule has 1 fully saturated rings. The van der Waals surface area contributed by atoms with E-state index < -0.39 is 28.4 Å². The van der Waals surface area contributed by atoms with E-state index in [0.29, 0.717) is 25.8 Å². The second kappa shape index (κ2) is 10.4. The van der Waals surface area contributed by atoms with Crippen molar-refractivity contribution in [2.45, 2.75) is 51.3 Å². The third-order valence-corrected chi connectivity index (χ3v) is 6.99. The summed E-state index contributed by atoms with van der Waals surface area (Å²) >= 11 is 0. The third-order valence-electron chi connectivity index (χ3n) is 5.43. The van der Waals surface area contributed by atoms with E-state index in [2.05, 4.69) is 4.72 Å². The van der Waals surface area contributed by atoms with Crippen molar-refractivity contribution in [2.24, 2.45) is 0 Å². The van der Waals surface area contributed by atoms with Crippen LogP contribution in [0.3, 0.4) is 0 Å². The number of rotatable bonds is 7. The summed E-state index contributed by atoms with van der Waals surface area (Å²) < 4.78 is 34.5. The van der Waals surface area contributed by atoms with Crippen LogP contribution in [-0.4, -0.2) is 67.5 Å². The molecular formula is C23H32N4O4S. The minimum Gasteiger partial charge on any atom is -0.447 e. The van der Waals surface area contributed by atoms with E-state index in [9.17, 15) is 13.2 Å². The van der Waals surface area contributed by atoms with Gasteiger partial charge in [0.2, 0.25) is 0 Å². The molecule has 1 aliphatic heterocycles. The zero-order chi connectivity index (χ0) is 23.3. The van der Waals surface area contributed by atoms with Crippen LogP contribution >= 0.6 is 0 Å². The Kier molecular flexibility index (Phi) is 7.86. The van der Waals surface area contributed by atoms with Gasteiger partial charge in [-0.3, -0.25) is 4.98 Å². The van der Waals surface area contributed by atoms with Gasteiger partial charge >= 0.3 is 6.09 Å². The zero-order valence-corrected chi connectivity index (χ0v) is 19.9. The SMILES string of the molecule is CC(C)OC(=O)N1CCC[C@@H](NS(=O)(=O)N(C)C)[C@H]1Cc1cccc(-c2ccccc2)n1. The van der Waals surface area contributed by atoms with Gasteiger partial charge in [0.25, 0.3) is 10.2 Å². The summed E-state index contributed by atoms with van der Waals surface area (Å²) in [5.74, 6) is 0. The molecule has 1 N–H and O–H groups in total. The lowest BCUT2D eigenvalue weighted by Gasteiger charge is -2.41. The maximum Gasteiger partial charge on any atom is 0.410 e. The molecule has 2 atom stereocenters. The van der Waals surface area contributed by atoms with E-state index in [-0.39, 0.29) is 6.10 Å². The molecule has 0 bridgehead atoms. The summed E-state index contributed by atoms with van der Waals surface area (Å²) in [6, 6.07) is 14.8. The highest BCUT2D eigenvalue weighted by Crippen LogP contribution is 2.24. The van der Waals surface area contributed by atoms with E-state index in [4.69, 9.17) is 9.72 Å². The molecule has 8 nitrogen and oxygen atoms in total. The summed E-state index contributed by atoms with van der Waals surface area (Å²) in [5.41, 5.74) is 2.62. The predicted molar refractivity (Wildman–Crippen MR) is 124 cm³/mol. The van der Waals surface area contributed by atoms with Gasteiger partial charge in [0.15, 0.2) is 0 Å². The van der Waals surface area contributed by atoms with Crippen LogP contribution in [0.4, 0.5) is 4.79 Å². The van der Waals surface area contributed by atoms with Crippen LogP contribution < -0.4 is 4.72 Å². The molecule has 1 aliphatic rings. The van der Waals surface area contributed by atoms with Gasteiger partial charge in [-0.1, -0.05) is 36.4 Å². The first-order valence-electron chi connectivity index (χ1n) is 10.9. The number of nitrogens with zero attached hydrogens (tertiary/aromatic N) is 3. The van der Waals surface area contributed by atoms with E-state index in [0.717, 1.165) is 21.3 Å². The fourth-order valence-electron chi connectivity index (χ4n) is 3.82. The number of ether oxygens (including phenoxy) is 1. The predicted octanol–water partition coefficient (Wildman–Crippen LogP) is 3.07. The summed E-state index contributed by atoms with van der Waals surface area (Å²) in [6.45, 7) is 4.11. The molecule has 32 heavy (non-hydrogen) atoms. The number of pyridine rings is 1. The fraction of sp³-hybridized carbons (Fsp3) is 0.478. The van der Waals surface area contributed by atoms with Crippen molar-refractivity contribution >= 4 is 16.3 Å². The highest BCUT2D eigenvalue weighted by atomic mass is 32.2. The number of hydrogen-bond donors (Lipinski definition) is 1. The van der Waals surface area contributed by atoms with Crippen molar-refractivity contribution in [1.29, 1.82) is 0 Å². The minimum absolute atomic E-state index is 0.262. The van der Waals surface area contributed by atoms with Crippen molar-refractivity contribution in [2.75, 3.05) is 20.6 Å². The number of amides is 1. The van der Waals surface area contributed by atoms with Crippen LogP contribution in [0.5, 0.6) is 0 Å². The van der Waals surface area contributed by atoms with Gasteiger partial charge in [-0.05, 0) is 38.8 Å². The number of piperidine rings is 1. The van der Waals surface area contributed by atoms with Crippen molar-refractivity contribution in [3.63, 3.8) is 0 Å². The molecule has 1 aromatic carbocycles. The summed E-state index contributed by atoms with van der Waals surface area (Å²) in [4.78, 5) is 19.3. The van der Waals surface area contributed by atoms with E-state index in [1.165, 1.54) is 14.1 Å². The molecule has 2 heterocycles. The molecule has 0 aliphatic carbocycles. The van der Waals surface area contributed by atoms with Crippen LogP contribution in [0.15, 0.2) is 48.5 Å². The van der Waals surface area contributed by atoms with Crippen LogP contribution in [0, 0.1) is 0 Å². The standard InChI is InChI=1S/C23H32N4O4S/c1-17(2)31-23(28)27-15-9-14-21(25-32(29,30)26(3)4)22(27)16-19-12-8-13-20(24-19)18-10-6-5-7-11-18/h5-8,10-13,17,21-22,25H,9,14-16H2,1-4H3/t21-,22-/m1/s1. The average Bonchev–Trinajstić information content (AvgIpc) is 2.75. The number of aromatic nitrogens is 1. The lowest BCUT2D eigenvalue weighted by molar-refractivity contribution is 0.0457. The number of benzene rings is 1. The maximum atomic E-state index is 12.8. The van der Waals surface area contributed by atoms with Gasteiger partial charge in [-0.25, -0.2) is 4.79 Å². The second-order valence-corrected chi connectivity index (χ2v) is 10.3. The Morgan fingerprint density at radius 2 is 1.91 bits per heavy atom. The first-order chi connectivity index (χ1) is 15.2. The number of likely N-dealkylation sites (tertiary alicyclic amines) is 1. The Labute approximate surface area is 190 Å². The zero-order valence-electron chi connectivity index (χ0n) is 19.1. The Morgan fingerprint density at radius 3 is 2.56 bits per heavy atom. The third kappa shape index (κ3) is 6.05. The van der Waals surface area contributed by atoms with Gasteiger partial charge in [0.1, 0.15) is 0 Å². The lowest BCUT2D eigenvalue weighted by Crippen LogP contribution is -2.59. The van der Waals surface area contributed by atoms with Crippen LogP contribution in [-0.2, 0) is 21.4 Å². The highest BCUT2D eigenvalue weighted by molar-refractivity contribution is 7.87. The highest BCUT2D eigenvalue weighted by Gasteiger charge is 2.38. The largest absolute Gasteiger partial charge is 0.447 e. The molecule has 0 radical (unpaired) electrons. The lowest BCUT2D eigenvalue weighted by atomic mass is 9.93. The molecule has 1 aromatic heterocycles. The molecule has 1 saturated heterocycles. The maximum absolute atomic E-state index is 12.8. The smallest absolute Gasteiger partial charge is 0.410 e. The van der Waals surface area contributed by atoms with Gasteiger partial charge < -0.3 is 9.64 Å². The Balaban J connectivity index is 1.91. The molecule has 0 unspecified atom stereocenters. The Morgan fingerprint density at radius 1 is 1.19 bits per heavy atom. The topological polar surface area (TPSA) is 91.8 Å². The Hall–Kier alpha value is -2.49. The second-order valence-electron chi connectivity index (χ2n) is 8.43. The fourth-order valence-corrected chi connectivity index (χ4v) is 4.69. The molecule has 2 aromatic rings. The van der Waals surface area contributed by atoms with E-state index in [1.54, 1.807) is 18.7 Å². The van der Waals surface area contributed by atoms with Crippen LogP contribution in [0.2, 0.25) is 0 Å². The van der Waals surface area contributed by atoms with Gasteiger partial charge in [0.05, 0.1) is 17.8 Å². The number of nitrogens with one attached hydrogen (secondary N) is 1. The average molecular weight is 461 g/mol. The van der Waals surface area contributed by atoms with Crippen molar-refractivity contribution in [3.8, 4) is 11.3 Å². The number of hydrogen-bond acceptors (Lipinski definition) is 5. The molecule has 0 spiro atoms. The van der Waals surface area contributed by atoms with Gasteiger partial charge in [-0.15, -0.1) is 0 Å². The monoisotopic (exact) mass is 460 g/mol. The first kappa shape index (κ1) is 24.2. The van der Waals surface area contributed by atoms with Crippen molar-refractivity contribution in [1.82, 2.24) is 18.9 Å². The molecule has 174 valence electrons. The molecule has 3 rings (SSSR count). The molecule has 1 amide bonds.